The molecule has 1 aliphatic rings. The Balaban J connectivity index is 2.01. The van der Waals surface area contributed by atoms with Crippen LogP contribution in [0.15, 0.2) is 48.5 Å². The molecule has 0 fully saturated rings. The van der Waals surface area contributed by atoms with Gasteiger partial charge in [0.15, 0.2) is 11.9 Å². The summed E-state index contributed by atoms with van der Waals surface area (Å²) in [5, 5.41) is 3.32. The zero-order valence-electron chi connectivity index (χ0n) is 12.5. The molecule has 0 unspecified atom stereocenters. The van der Waals surface area contributed by atoms with Gasteiger partial charge in [-0.2, -0.15) is 0 Å². The maximum Gasteiger partial charge on any atom is 0.339 e. The second kappa shape index (κ2) is 5.64. The Hall–Kier alpha value is -2.62. The molecule has 0 saturated carbocycles. The van der Waals surface area contributed by atoms with E-state index in [0.717, 1.165) is 16.8 Å². The highest BCUT2D eigenvalue weighted by Crippen LogP contribution is 2.33. The molecule has 2 aromatic rings. The predicted octanol–water partition coefficient (Wildman–Crippen LogP) is 3.28. The van der Waals surface area contributed by atoms with E-state index in [2.05, 4.69) is 5.32 Å². The van der Waals surface area contributed by atoms with Crippen LogP contribution in [0.3, 0.4) is 0 Å². The molecule has 0 aromatic heterocycles. The molecule has 0 saturated heterocycles. The molecule has 2 aromatic carbocycles. The molecule has 0 amide bonds. The average Bonchev–Trinajstić information content (AvgIpc) is 2.52. The van der Waals surface area contributed by atoms with Gasteiger partial charge < -0.3 is 10.1 Å². The molecule has 1 N–H and O–H groups in total. The molecule has 112 valence electrons. The van der Waals surface area contributed by atoms with E-state index in [1.807, 2.05) is 43.3 Å². The van der Waals surface area contributed by atoms with Gasteiger partial charge in [0.05, 0.1) is 11.6 Å². The first kappa shape index (κ1) is 14.3. The topological polar surface area (TPSA) is 55.4 Å². The molecule has 22 heavy (non-hydrogen) atoms. The number of hydrogen-bond donors (Lipinski definition) is 1. The van der Waals surface area contributed by atoms with Crippen molar-refractivity contribution in [2.24, 2.45) is 0 Å². The minimum atomic E-state index is -0.816. The molecule has 4 heteroatoms. The number of ether oxygens (including phenoxy) is 1. The van der Waals surface area contributed by atoms with E-state index >= 15 is 0 Å². The zero-order chi connectivity index (χ0) is 15.7. The van der Waals surface area contributed by atoms with E-state index in [4.69, 9.17) is 4.74 Å². The number of fused-ring (bicyclic) bond motifs is 1. The lowest BCUT2D eigenvalue weighted by molar-refractivity contribution is -0.126. The second-order valence-electron chi connectivity index (χ2n) is 5.51. The quantitative estimate of drug-likeness (QED) is 0.883. The predicted molar refractivity (Wildman–Crippen MR) is 83.9 cm³/mol. The smallest absolute Gasteiger partial charge is 0.339 e. The van der Waals surface area contributed by atoms with Crippen molar-refractivity contribution in [3.05, 3.63) is 65.2 Å². The summed E-state index contributed by atoms with van der Waals surface area (Å²) in [6.45, 7) is 3.45. The fourth-order valence-corrected chi connectivity index (χ4v) is 2.66. The number of benzene rings is 2. The molecule has 0 spiro atoms. The molecular formula is C18H17NO3. The first-order chi connectivity index (χ1) is 10.6. The Morgan fingerprint density at radius 3 is 2.45 bits per heavy atom. The molecule has 4 nitrogen and oxygen atoms in total. The molecule has 0 bridgehead atoms. The molecule has 1 heterocycles. The summed E-state index contributed by atoms with van der Waals surface area (Å²) >= 11 is 0. The summed E-state index contributed by atoms with van der Waals surface area (Å²) in [5.74, 6) is -0.620. The maximum absolute atomic E-state index is 12.0. The Labute approximate surface area is 129 Å². The number of rotatable bonds is 3. The number of nitrogens with one attached hydrogen (secondary N) is 1. The van der Waals surface area contributed by atoms with Crippen LogP contribution in [0.25, 0.3) is 0 Å². The van der Waals surface area contributed by atoms with Crippen molar-refractivity contribution in [3.8, 4) is 0 Å². The fraction of sp³-hybridized carbons (Fsp3) is 0.222. The van der Waals surface area contributed by atoms with Crippen LogP contribution in [-0.4, -0.2) is 17.9 Å². The highest BCUT2D eigenvalue weighted by Gasteiger charge is 2.38. The third-order valence-electron chi connectivity index (χ3n) is 3.83. The molecular weight excluding hydrogens is 278 g/mol. The van der Waals surface area contributed by atoms with Gasteiger partial charge in [-0.05, 0) is 37.6 Å². The minimum Gasteiger partial charge on any atom is -0.448 e. The van der Waals surface area contributed by atoms with Crippen LogP contribution in [0.1, 0.15) is 34.5 Å². The summed E-state index contributed by atoms with van der Waals surface area (Å²) in [7, 11) is 0. The van der Waals surface area contributed by atoms with E-state index in [-0.39, 0.29) is 11.8 Å². The number of esters is 1. The van der Waals surface area contributed by atoms with Crippen molar-refractivity contribution in [2.75, 3.05) is 5.32 Å². The van der Waals surface area contributed by atoms with Crippen LogP contribution < -0.4 is 5.32 Å². The molecule has 1 aliphatic heterocycles. The Bertz CT molecular complexity index is 721. The van der Waals surface area contributed by atoms with Crippen molar-refractivity contribution >= 4 is 17.4 Å². The first-order valence-electron chi connectivity index (χ1n) is 7.20. The Kier molecular flexibility index (Phi) is 3.67. The summed E-state index contributed by atoms with van der Waals surface area (Å²) in [6, 6.07) is 14.7. The van der Waals surface area contributed by atoms with E-state index in [1.165, 1.54) is 6.92 Å². The number of Topliss-reactive ketones (excluding diaryl/α,β-unsaturated/α-hetero) is 1. The fourth-order valence-electron chi connectivity index (χ4n) is 2.66. The number of ketones is 1. The van der Waals surface area contributed by atoms with Gasteiger partial charge in [0.2, 0.25) is 0 Å². The van der Waals surface area contributed by atoms with Crippen molar-refractivity contribution in [2.45, 2.75) is 26.0 Å². The molecule has 2 atom stereocenters. The highest BCUT2D eigenvalue weighted by molar-refractivity contribution is 5.96. The van der Waals surface area contributed by atoms with Crippen LogP contribution in [0.2, 0.25) is 0 Å². The van der Waals surface area contributed by atoms with E-state index < -0.39 is 12.1 Å². The van der Waals surface area contributed by atoms with Crippen molar-refractivity contribution in [3.63, 3.8) is 0 Å². The normalized spacial score (nSPS) is 20.0. The lowest BCUT2D eigenvalue weighted by Crippen LogP contribution is -2.40. The van der Waals surface area contributed by atoms with Gasteiger partial charge in [-0.1, -0.05) is 35.9 Å². The lowest BCUT2D eigenvalue weighted by Gasteiger charge is -2.32. The van der Waals surface area contributed by atoms with Crippen molar-refractivity contribution < 1.29 is 14.3 Å². The van der Waals surface area contributed by atoms with Crippen molar-refractivity contribution in [1.29, 1.82) is 0 Å². The summed E-state index contributed by atoms with van der Waals surface area (Å²) in [5.41, 5.74) is 3.34. The lowest BCUT2D eigenvalue weighted by atomic mass is 9.91. The van der Waals surface area contributed by atoms with Crippen molar-refractivity contribution in [1.82, 2.24) is 0 Å². The standard InChI is InChI=1S/C18H17NO3/c1-11-7-9-13(10-8-11)19-16-14-5-3-4-6-15(14)18(21)22-17(16)12(2)20/h3-10,16-17,19H,1-2H3/t16-,17-/m0/s1. The van der Waals surface area contributed by atoms with Gasteiger partial charge in [-0.25, -0.2) is 4.79 Å². The summed E-state index contributed by atoms with van der Waals surface area (Å²) in [4.78, 5) is 23.9. The monoisotopic (exact) mass is 295 g/mol. The number of aryl methyl sites for hydroxylation is 1. The van der Waals surface area contributed by atoms with Crippen LogP contribution in [-0.2, 0) is 9.53 Å². The third-order valence-corrected chi connectivity index (χ3v) is 3.83. The Morgan fingerprint density at radius 1 is 1.09 bits per heavy atom. The zero-order valence-corrected chi connectivity index (χ0v) is 12.5. The summed E-state index contributed by atoms with van der Waals surface area (Å²) in [6.07, 6.45) is -0.816. The largest absolute Gasteiger partial charge is 0.448 e. The second-order valence-corrected chi connectivity index (χ2v) is 5.51. The highest BCUT2D eigenvalue weighted by atomic mass is 16.5. The van der Waals surface area contributed by atoms with Crippen LogP contribution in [0.5, 0.6) is 0 Å². The number of carbonyl (C=O) groups excluding carboxylic acids is 2. The molecule has 3 rings (SSSR count). The van der Waals surface area contributed by atoms with Gasteiger partial charge in [0.1, 0.15) is 0 Å². The number of anilines is 1. The molecule has 0 radical (unpaired) electrons. The van der Waals surface area contributed by atoms with Gasteiger partial charge >= 0.3 is 5.97 Å². The third kappa shape index (κ3) is 2.60. The van der Waals surface area contributed by atoms with Crippen LogP contribution >= 0.6 is 0 Å². The number of hydrogen-bond acceptors (Lipinski definition) is 4. The van der Waals surface area contributed by atoms with E-state index in [0.29, 0.717) is 5.56 Å². The SMILES string of the molecule is CC(=O)[C@@H]1OC(=O)c2ccccc2[C@@H]1Nc1ccc(C)cc1. The van der Waals surface area contributed by atoms with Gasteiger partial charge in [0, 0.05) is 5.69 Å². The minimum absolute atomic E-state index is 0.174. The van der Waals surface area contributed by atoms with Gasteiger partial charge in [-0.3, -0.25) is 4.79 Å². The Morgan fingerprint density at radius 2 is 1.77 bits per heavy atom. The summed E-state index contributed by atoms with van der Waals surface area (Å²) < 4.78 is 5.33. The van der Waals surface area contributed by atoms with Gasteiger partial charge in [0.25, 0.3) is 0 Å². The van der Waals surface area contributed by atoms with E-state index in [1.54, 1.807) is 12.1 Å². The molecule has 0 aliphatic carbocycles. The van der Waals surface area contributed by atoms with E-state index in [9.17, 15) is 9.59 Å². The average molecular weight is 295 g/mol. The van der Waals surface area contributed by atoms with Crippen LogP contribution in [0.4, 0.5) is 5.69 Å². The number of carbonyl (C=O) groups is 2. The van der Waals surface area contributed by atoms with Crippen LogP contribution in [0, 0.1) is 6.92 Å². The van der Waals surface area contributed by atoms with Gasteiger partial charge in [-0.15, -0.1) is 0 Å². The first-order valence-corrected chi connectivity index (χ1v) is 7.20. The maximum atomic E-state index is 12.0. The number of cyclic esters (lactones) is 1.